The summed E-state index contributed by atoms with van der Waals surface area (Å²) in [5, 5.41) is 3.32. The maximum atomic E-state index is 4.92. The molecule has 1 N–H and O–H groups in total. The van der Waals surface area contributed by atoms with Crippen molar-refractivity contribution in [1.82, 2.24) is 5.32 Å². The summed E-state index contributed by atoms with van der Waals surface area (Å²) < 4.78 is 4.92. The van der Waals surface area contributed by atoms with Crippen molar-refractivity contribution < 1.29 is 4.74 Å². The minimum Gasteiger partial charge on any atom is -0.385 e. The van der Waals surface area contributed by atoms with Gasteiger partial charge in [-0.25, -0.2) is 0 Å². The summed E-state index contributed by atoms with van der Waals surface area (Å²) in [4.78, 5) is 0. The van der Waals surface area contributed by atoms with E-state index in [1.54, 1.807) is 7.11 Å². The first-order valence-electron chi connectivity index (χ1n) is 4.22. The molecule has 0 spiro atoms. The third-order valence-electron chi connectivity index (χ3n) is 1.43. The standard InChI is InChI=1S/C9H19NO/c1-3-4-5-7-10-8-6-9-11-2/h3-4,10H,5-9H2,1-2H3/b4-3+. The Bertz CT molecular complexity index is 91.6. The molecule has 11 heavy (non-hydrogen) atoms. The second-order valence-electron chi connectivity index (χ2n) is 2.45. The molecular weight excluding hydrogens is 138 g/mol. The topological polar surface area (TPSA) is 21.3 Å². The molecule has 0 amide bonds. The summed E-state index contributed by atoms with van der Waals surface area (Å²) in [5.41, 5.74) is 0. The Morgan fingerprint density at radius 3 is 2.82 bits per heavy atom. The highest BCUT2D eigenvalue weighted by atomic mass is 16.5. The molecule has 0 aromatic heterocycles. The van der Waals surface area contributed by atoms with E-state index in [0.717, 1.165) is 32.5 Å². The molecule has 0 aliphatic rings. The lowest BCUT2D eigenvalue weighted by Crippen LogP contribution is -2.17. The Hall–Kier alpha value is -0.340. The predicted molar refractivity (Wildman–Crippen MR) is 48.8 cm³/mol. The molecule has 0 heterocycles. The molecule has 0 saturated heterocycles. The van der Waals surface area contributed by atoms with Gasteiger partial charge in [0.1, 0.15) is 0 Å². The largest absolute Gasteiger partial charge is 0.385 e. The number of rotatable bonds is 7. The van der Waals surface area contributed by atoms with Gasteiger partial charge in [0, 0.05) is 13.7 Å². The highest BCUT2D eigenvalue weighted by Gasteiger charge is 1.84. The maximum Gasteiger partial charge on any atom is 0.0474 e. The van der Waals surface area contributed by atoms with Gasteiger partial charge in [0.2, 0.25) is 0 Å². The van der Waals surface area contributed by atoms with Crippen molar-refractivity contribution in [3.8, 4) is 0 Å². The number of ether oxygens (including phenoxy) is 1. The molecule has 0 bridgehead atoms. The number of hydrogen-bond acceptors (Lipinski definition) is 2. The number of methoxy groups -OCH3 is 1. The van der Waals surface area contributed by atoms with E-state index >= 15 is 0 Å². The van der Waals surface area contributed by atoms with Crippen LogP contribution in [0, 0.1) is 0 Å². The van der Waals surface area contributed by atoms with Gasteiger partial charge in [-0.05, 0) is 32.9 Å². The smallest absolute Gasteiger partial charge is 0.0474 e. The molecule has 0 aromatic rings. The summed E-state index contributed by atoms with van der Waals surface area (Å²) in [5.74, 6) is 0. The molecule has 0 saturated carbocycles. The van der Waals surface area contributed by atoms with Crippen molar-refractivity contribution in [3.05, 3.63) is 12.2 Å². The number of hydrogen-bond donors (Lipinski definition) is 1. The van der Waals surface area contributed by atoms with Gasteiger partial charge in [-0.2, -0.15) is 0 Å². The van der Waals surface area contributed by atoms with Crippen LogP contribution in [-0.4, -0.2) is 26.8 Å². The van der Waals surface area contributed by atoms with Crippen molar-refractivity contribution in [1.29, 1.82) is 0 Å². The van der Waals surface area contributed by atoms with Crippen LogP contribution in [0.1, 0.15) is 19.8 Å². The summed E-state index contributed by atoms with van der Waals surface area (Å²) in [6, 6.07) is 0. The minimum absolute atomic E-state index is 0.858. The van der Waals surface area contributed by atoms with E-state index in [4.69, 9.17) is 4.74 Å². The molecule has 0 rings (SSSR count). The van der Waals surface area contributed by atoms with Gasteiger partial charge in [-0.1, -0.05) is 12.2 Å². The Morgan fingerprint density at radius 2 is 2.18 bits per heavy atom. The van der Waals surface area contributed by atoms with Gasteiger partial charge < -0.3 is 10.1 Å². The van der Waals surface area contributed by atoms with Crippen LogP contribution < -0.4 is 5.32 Å². The van der Waals surface area contributed by atoms with E-state index < -0.39 is 0 Å². The van der Waals surface area contributed by atoms with Crippen LogP contribution in [0.2, 0.25) is 0 Å². The van der Waals surface area contributed by atoms with Gasteiger partial charge in [-0.3, -0.25) is 0 Å². The molecule has 66 valence electrons. The highest BCUT2D eigenvalue weighted by Crippen LogP contribution is 1.81. The van der Waals surface area contributed by atoms with Crippen molar-refractivity contribution in [2.24, 2.45) is 0 Å². The average Bonchev–Trinajstić information content (AvgIpc) is 2.03. The highest BCUT2D eigenvalue weighted by molar-refractivity contribution is 4.77. The zero-order valence-electron chi connectivity index (χ0n) is 7.60. The second kappa shape index (κ2) is 9.66. The Morgan fingerprint density at radius 1 is 1.36 bits per heavy atom. The Kier molecular flexibility index (Phi) is 9.36. The van der Waals surface area contributed by atoms with Gasteiger partial charge in [0.25, 0.3) is 0 Å². The quantitative estimate of drug-likeness (QED) is 0.447. The lowest BCUT2D eigenvalue weighted by molar-refractivity contribution is 0.194. The zero-order valence-corrected chi connectivity index (χ0v) is 7.60. The first-order chi connectivity index (χ1) is 5.41. The fourth-order valence-electron chi connectivity index (χ4n) is 0.819. The van der Waals surface area contributed by atoms with E-state index in [0.29, 0.717) is 0 Å². The van der Waals surface area contributed by atoms with E-state index in [1.807, 2.05) is 6.92 Å². The lowest BCUT2D eigenvalue weighted by Gasteiger charge is -2.00. The van der Waals surface area contributed by atoms with Crippen molar-refractivity contribution in [2.45, 2.75) is 19.8 Å². The summed E-state index contributed by atoms with van der Waals surface area (Å²) in [6.45, 7) is 5.04. The normalized spacial score (nSPS) is 11.1. The average molecular weight is 157 g/mol. The summed E-state index contributed by atoms with van der Waals surface area (Å²) >= 11 is 0. The molecule has 2 heteroatoms. The maximum absolute atomic E-state index is 4.92. The zero-order chi connectivity index (χ0) is 8.36. The molecule has 2 nitrogen and oxygen atoms in total. The lowest BCUT2D eigenvalue weighted by atomic mass is 10.3. The van der Waals surface area contributed by atoms with Crippen LogP contribution in [0.4, 0.5) is 0 Å². The van der Waals surface area contributed by atoms with E-state index in [9.17, 15) is 0 Å². The minimum atomic E-state index is 0.858. The van der Waals surface area contributed by atoms with Gasteiger partial charge in [0.05, 0.1) is 0 Å². The van der Waals surface area contributed by atoms with Gasteiger partial charge in [0.15, 0.2) is 0 Å². The molecular formula is C9H19NO. The SMILES string of the molecule is C/C=C/CCNCCCOC. The fraction of sp³-hybridized carbons (Fsp3) is 0.778. The monoisotopic (exact) mass is 157 g/mol. The first-order valence-corrected chi connectivity index (χ1v) is 4.22. The van der Waals surface area contributed by atoms with E-state index in [1.165, 1.54) is 0 Å². The van der Waals surface area contributed by atoms with Crippen LogP contribution in [0.5, 0.6) is 0 Å². The predicted octanol–water partition coefficient (Wildman–Crippen LogP) is 1.58. The van der Waals surface area contributed by atoms with E-state index in [-0.39, 0.29) is 0 Å². The van der Waals surface area contributed by atoms with Gasteiger partial charge >= 0.3 is 0 Å². The number of nitrogens with one attached hydrogen (secondary N) is 1. The Labute approximate surface area is 69.6 Å². The Balaban J connectivity index is 2.79. The number of allylic oxidation sites excluding steroid dienone is 1. The van der Waals surface area contributed by atoms with Crippen LogP contribution >= 0.6 is 0 Å². The molecule has 0 atom stereocenters. The van der Waals surface area contributed by atoms with Crippen LogP contribution in [0.25, 0.3) is 0 Å². The van der Waals surface area contributed by atoms with Crippen molar-refractivity contribution in [2.75, 3.05) is 26.8 Å². The second-order valence-corrected chi connectivity index (χ2v) is 2.45. The molecule has 0 fully saturated rings. The molecule has 0 aliphatic carbocycles. The molecule has 0 unspecified atom stereocenters. The summed E-state index contributed by atoms with van der Waals surface area (Å²) in [7, 11) is 1.74. The first kappa shape index (κ1) is 10.7. The third kappa shape index (κ3) is 9.66. The molecule has 0 aliphatic heterocycles. The summed E-state index contributed by atoms with van der Waals surface area (Å²) in [6.07, 6.45) is 6.48. The van der Waals surface area contributed by atoms with Gasteiger partial charge in [-0.15, -0.1) is 0 Å². The van der Waals surface area contributed by atoms with Crippen molar-refractivity contribution >= 4 is 0 Å². The van der Waals surface area contributed by atoms with Crippen molar-refractivity contribution in [3.63, 3.8) is 0 Å². The fourth-order valence-corrected chi connectivity index (χ4v) is 0.819. The van der Waals surface area contributed by atoms with E-state index in [2.05, 4.69) is 17.5 Å². The van der Waals surface area contributed by atoms with Crippen LogP contribution in [0.3, 0.4) is 0 Å². The molecule has 0 aromatic carbocycles. The van der Waals surface area contributed by atoms with Crippen LogP contribution in [-0.2, 0) is 4.74 Å². The third-order valence-corrected chi connectivity index (χ3v) is 1.43. The van der Waals surface area contributed by atoms with Crippen LogP contribution in [0.15, 0.2) is 12.2 Å². The molecule has 0 radical (unpaired) electrons.